The zero-order valence-electron chi connectivity index (χ0n) is 39.8. The molecule has 0 atom stereocenters. The van der Waals surface area contributed by atoms with E-state index in [1.807, 2.05) is 0 Å². The van der Waals surface area contributed by atoms with Gasteiger partial charge in [0.2, 0.25) is 0 Å². The monoisotopic (exact) mass is 905 g/mol. The molecule has 0 aromatic carbocycles. The summed E-state index contributed by atoms with van der Waals surface area (Å²) in [6.45, 7) is 9.80. The molecule has 1 spiro atoms. The van der Waals surface area contributed by atoms with Gasteiger partial charge in [0.25, 0.3) is 11.7 Å². The van der Waals surface area contributed by atoms with Crippen molar-refractivity contribution in [2.24, 2.45) is 17.3 Å². The molecule has 2 rings (SSSR count). The van der Waals surface area contributed by atoms with Crippen LogP contribution in [0.4, 0.5) is 0 Å². The van der Waals surface area contributed by atoms with Gasteiger partial charge >= 0.3 is 23.7 Å². The van der Waals surface area contributed by atoms with Crippen molar-refractivity contribution < 1.29 is 65.0 Å². The standard InChI is InChI=1S/C48H92N2O13/c1-5-9-13-17-21-25-39(26-22-18-14-10-6-2)42(51)62-37-41(38-63-43(52)40(27-23-19-15-11-7-3)28-24-20-16-12-8-4)49-33-29-44(30-34-49)31-35-50(36-32-44)47(57,58)45(53,54)46(55,56)48(59,60)61/h39-41,53-61H,5-38H2,1-4H3. The highest BCUT2D eigenvalue weighted by atomic mass is 16.8. The molecule has 0 unspecified atom stereocenters. The Bertz CT molecular complexity index is 1150. The maximum Gasteiger partial charge on any atom is 0.338 e. The molecule has 63 heavy (non-hydrogen) atoms. The van der Waals surface area contributed by atoms with Crippen LogP contribution in [0.2, 0.25) is 0 Å². The molecule has 9 N–H and O–H groups in total. The predicted octanol–water partition coefficient (Wildman–Crippen LogP) is 5.92. The van der Waals surface area contributed by atoms with E-state index in [2.05, 4.69) is 32.6 Å². The molecule has 0 bridgehead atoms. The fourth-order valence-electron chi connectivity index (χ4n) is 9.43. The van der Waals surface area contributed by atoms with Crippen LogP contribution in [0.25, 0.3) is 0 Å². The highest BCUT2D eigenvalue weighted by Gasteiger charge is 2.72. The third-order valence-electron chi connectivity index (χ3n) is 14.2. The second-order valence-electron chi connectivity index (χ2n) is 19.3. The lowest BCUT2D eigenvalue weighted by Gasteiger charge is -2.53. The smallest absolute Gasteiger partial charge is 0.338 e. The van der Waals surface area contributed by atoms with Gasteiger partial charge < -0.3 is 55.4 Å². The van der Waals surface area contributed by atoms with Crippen LogP contribution >= 0.6 is 0 Å². The Balaban J connectivity index is 2.21. The number of nitrogens with zero attached hydrogens (tertiary/aromatic N) is 2. The Morgan fingerprint density at radius 2 is 0.794 bits per heavy atom. The van der Waals surface area contributed by atoms with Crippen molar-refractivity contribution in [2.75, 3.05) is 39.4 Å². The molecule has 372 valence electrons. The second-order valence-corrected chi connectivity index (χ2v) is 19.3. The third kappa shape index (κ3) is 18.6. The molecule has 2 aliphatic heterocycles. The molecule has 0 aromatic rings. The van der Waals surface area contributed by atoms with E-state index < -0.39 is 23.5 Å². The van der Waals surface area contributed by atoms with Gasteiger partial charge in [-0.25, -0.2) is 4.90 Å². The van der Waals surface area contributed by atoms with Gasteiger partial charge in [-0.3, -0.25) is 14.5 Å². The summed E-state index contributed by atoms with van der Waals surface area (Å²) in [5.41, 5.74) is -0.305. The number of piperidine rings is 2. The summed E-state index contributed by atoms with van der Waals surface area (Å²) < 4.78 is 12.3. The second kappa shape index (κ2) is 29.3. The lowest BCUT2D eigenvalue weighted by Crippen LogP contribution is -2.80. The Morgan fingerprint density at radius 1 is 0.476 bits per heavy atom. The highest BCUT2D eigenvalue weighted by Crippen LogP contribution is 2.45. The molecule has 2 aliphatic rings. The number of unbranched alkanes of at least 4 members (excludes halogenated alkanes) is 16. The Morgan fingerprint density at radius 3 is 1.11 bits per heavy atom. The van der Waals surface area contributed by atoms with E-state index in [9.17, 15) is 55.5 Å². The SMILES string of the molecule is CCCCCCCC(CCCCCCC)C(=O)OCC(COC(=O)C(CCCCCCC)CCCCCCC)N1CCC2(CC1)CCN(C(O)(O)C(O)(O)C(O)(O)C(O)(O)O)CC2. The molecule has 0 amide bonds. The Labute approximate surface area is 379 Å². The molecule has 0 saturated carbocycles. The van der Waals surface area contributed by atoms with Crippen molar-refractivity contribution in [1.82, 2.24) is 9.80 Å². The van der Waals surface area contributed by atoms with E-state index in [0.717, 1.165) is 133 Å². The molecule has 0 aliphatic carbocycles. The predicted molar refractivity (Wildman–Crippen MR) is 241 cm³/mol. The average Bonchev–Trinajstić information content (AvgIpc) is 3.24. The van der Waals surface area contributed by atoms with Crippen molar-refractivity contribution in [2.45, 2.75) is 237 Å². The van der Waals surface area contributed by atoms with Gasteiger partial charge in [0, 0.05) is 13.1 Å². The number of carbonyl (C=O) groups is 2. The van der Waals surface area contributed by atoms with Crippen LogP contribution in [0.3, 0.4) is 0 Å². The van der Waals surface area contributed by atoms with E-state index in [1.165, 1.54) is 25.7 Å². The number of likely N-dealkylation sites (tertiary alicyclic amines) is 2. The Hall–Kier alpha value is -1.50. The summed E-state index contributed by atoms with van der Waals surface area (Å²) in [4.78, 5) is 30.7. The van der Waals surface area contributed by atoms with E-state index in [4.69, 9.17) is 9.47 Å². The van der Waals surface area contributed by atoms with Crippen molar-refractivity contribution in [3.63, 3.8) is 0 Å². The molecule has 15 heteroatoms. The van der Waals surface area contributed by atoms with Gasteiger partial charge in [-0.15, -0.1) is 0 Å². The summed E-state index contributed by atoms with van der Waals surface area (Å²) in [7, 11) is 0. The van der Waals surface area contributed by atoms with Crippen LogP contribution in [0, 0.1) is 17.3 Å². The first-order valence-electron chi connectivity index (χ1n) is 25.2. The first kappa shape index (κ1) is 57.6. The van der Waals surface area contributed by atoms with Crippen LogP contribution in [0.15, 0.2) is 0 Å². The minimum atomic E-state index is -4.57. The highest BCUT2D eigenvalue weighted by molar-refractivity contribution is 5.73. The summed E-state index contributed by atoms with van der Waals surface area (Å²) in [5, 5.41) is 90.0. The number of rotatable bonds is 35. The summed E-state index contributed by atoms with van der Waals surface area (Å²) in [6.07, 6.45) is 27.5. The summed E-state index contributed by atoms with van der Waals surface area (Å²) >= 11 is 0. The zero-order valence-corrected chi connectivity index (χ0v) is 39.8. The van der Waals surface area contributed by atoms with E-state index in [0.29, 0.717) is 38.8 Å². The van der Waals surface area contributed by atoms with Crippen molar-refractivity contribution in [3.8, 4) is 0 Å². The number of hydrogen-bond donors (Lipinski definition) is 9. The number of esters is 2. The van der Waals surface area contributed by atoms with Crippen molar-refractivity contribution >= 4 is 11.9 Å². The zero-order chi connectivity index (χ0) is 47.0. The van der Waals surface area contributed by atoms with Gasteiger partial charge in [0.15, 0.2) is 0 Å². The van der Waals surface area contributed by atoms with Crippen LogP contribution in [0.5, 0.6) is 0 Å². The van der Waals surface area contributed by atoms with Crippen LogP contribution in [-0.2, 0) is 19.1 Å². The van der Waals surface area contributed by atoms with Gasteiger partial charge in [-0.05, 0) is 69.9 Å². The van der Waals surface area contributed by atoms with Crippen molar-refractivity contribution in [3.05, 3.63) is 0 Å². The molecule has 2 heterocycles. The summed E-state index contributed by atoms with van der Waals surface area (Å²) in [5.74, 6) is -18.0. The maximum absolute atomic E-state index is 13.8. The molecular weight excluding hydrogens is 813 g/mol. The van der Waals surface area contributed by atoms with Gasteiger partial charge in [-0.2, -0.15) is 0 Å². The normalized spacial score (nSPS) is 17.1. The average molecular weight is 905 g/mol. The number of carbonyl (C=O) groups excluding carboxylic acids is 2. The van der Waals surface area contributed by atoms with Gasteiger partial charge in [0.05, 0.1) is 17.9 Å². The fourth-order valence-corrected chi connectivity index (χ4v) is 9.43. The van der Waals surface area contributed by atoms with E-state index >= 15 is 0 Å². The lowest BCUT2D eigenvalue weighted by atomic mass is 9.70. The summed E-state index contributed by atoms with van der Waals surface area (Å²) in [6, 6.07) is -0.371. The first-order valence-corrected chi connectivity index (χ1v) is 25.2. The third-order valence-corrected chi connectivity index (χ3v) is 14.2. The minimum absolute atomic E-state index is 0.0898. The first-order chi connectivity index (χ1) is 29.8. The van der Waals surface area contributed by atoms with Gasteiger partial charge in [0.1, 0.15) is 13.2 Å². The van der Waals surface area contributed by atoms with E-state index in [-0.39, 0.29) is 61.5 Å². The number of hydrogen-bond acceptors (Lipinski definition) is 15. The quantitative estimate of drug-likeness (QED) is 0.0204. The van der Waals surface area contributed by atoms with E-state index in [1.54, 1.807) is 0 Å². The molecule has 15 nitrogen and oxygen atoms in total. The van der Waals surface area contributed by atoms with Crippen LogP contribution in [0.1, 0.15) is 207 Å². The largest absolute Gasteiger partial charge is 0.464 e. The van der Waals surface area contributed by atoms with Crippen molar-refractivity contribution in [1.29, 1.82) is 0 Å². The maximum atomic E-state index is 13.8. The lowest BCUT2D eigenvalue weighted by molar-refractivity contribution is -0.558. The number of ether oxygens (including phenoxy) is 2. The van der Waals surface area contributed by atoms with Crippen LogP contribution < -0.4 is 0 Å². The molecule has 2 fully saturated rings. The fraction of sp³-hybridized carbons (Fsp3) is 0.958. The topological polar surface area (TPSA) is 241 Å². The molecule has 0 radical (unpaired) electrons. The molecular formula is C48H92N2O13. The van der Waals surface area contributed by atoms with Gasteiger partial charge in [-0.1, -0.05) is 156 Å². The minimum Gasteiger partial charge on any atom is -0.464 e. The Kier molecular flexibility index (Phi) is 26.8. The number of aliphatic hydroxyl groups is 9. The van der Waals surface area contributed by atoms with Crippen LogP contribution in [-0.4, -0.2) is 137 Å². The molecule has 2 saturated heterocycles. The molecule has 0 aromatic heterocycles.